The zero-order valence-electron chi connectivity index (χ0n) is 14.7. The molecule has 2 aromatic heterocycles. The Balaban J connectivity index is 1.62. The van der Waals surface area contributed by atoms with Crippen molar-refractivity contribution in [2.24, 2.45) is 0 Å². The first-order valence-corrected chi connectivity index (χ1v) is 9.93. The third-order valence-corrected chi connectivity index (χ3v) is 6.15. The molecular formula is C17H22N4O2S2. The molecule has 1 fully saturated rings. The molecule has 8 heteroatoms. The fourth-order valence-corrected chi connectivity index (χ4v) is 4.44. The van der Waals surface area contributed by atoms with E-state index in [4.69, 9.17) is 0 Å². The summed E-state index contributed by atoms with van der Waals surface area (Å²) in [7, 11) is 3.53. The van der Waals surface area contributed by atoms with Crippen LogP contribution in [0.3, 0.4) is 0 Å². The zero-order chi connectivity index (χ0) is 18.0. The number of piperazine rings is 1. The molecule has 25 heavy (non-hydrogen) atoms. The van der Waals surface area contributed by atoms with Gasteiger partial charge in [0.1, 0.15) is 9.88 Å². The number of aryl methyl sites for hydroxylation is 1. The minimum atomic E-state index is 0.0510. The minimum Gasteiger partial charge on any atom is -0.348 e. The smallest absolute Gasteiger partial charge is 0.265 e. The van der Waals surface area contributed by atoms with E-state index in [1.54, 1.807) is 30.3 Å². The van der Waals surface area contributed by atoms with Gasteiger partial charge in [0.2, 0.25) is 5.91 Å². The quantitative estimate of drug-likeness (QED) is 0.817. The van der Waals surface area contributed by atoms with E-state index in [0.29, 0.717) is 19.6 Å². The van der Waals surface area contributed by atoms with Crippen LogP contribution in [0.4, 0.5) is 0 Å². The lowest BCUT2D eigenvalue weighted by Gasteiger charge is -2.34. The number of likely N-dealkylation sites (N-methyl/N-ethyl adjacent to an activating group) is 1. The summed E-state index contributed by atoms with van der Waals surface area (Å²) in [5, 5.41) is 4.96. The van der Waals surface area contributed by atoms with Crippen LogP contribution in [0.1, 0.15) is 15.4 Å². The van der Waals surface area contributed by atoms with Crippen LogP contribution in [0.25, 0.3) is 10.6 Å². The first-order valence-electron chi connectivity index (χ1n) is 8.17. The lowest BCUT2D eigenvalue weighted by Crippen LogP contribution is -2.51. The number of aromatic nitrogens is 1. The van der Waals surface area contributed by atoms with Crippen LogP contribution in [0.15, 0.2) is 16.8 Å². The van der Waals surface area contributed by atoms with E-state index in [2.05, 4.69) is 9.88 Å². The molecule has 3 heterocycles. The number of hydrogen-bond donors (Lipinski definition) is 0. The van der Waals surface area contributed by atoms with Gasteiger partial charge in [0.05, 0.1) is 12.2 Å². The molecule has 0 aromatic carbocycles. The second kappa shape index (κ2) is 7.63. The van der Waals surface area contributed by atoms with Crippen molar-refractivity contribution >= 4 is 34.5 Å². The Bertz CT molecular complexity index is 747. The van der Waals surface area contributed by atoms with Gasteiger partial charge in [-0.3, -0.25) is 14.5 Å². The number of nitrogens with zero attached hydrogens (tertiary/aromatic N) is 4. The number of amides is 2. The minimum absolute atomic E-state index is 0.0510. The van der Waals surface area contributed by atoms with Gasteiger partial charge in [-0.1, -0.05) is 0 Å². The third kappa shape index (κ3) is 4.08. The highest BCUT2D eigenvalue weighted by Gasteiger charge is 2.26. The molecule has 1 saturated heterocycles. The fraction of sp³-hybridized carbons (Fsp3) is 0.471. The molecule has 0 spiro atoms. The van der Waals surface area contributed by atoms with Crippen molar-refractivity contribution in [2.75, 3.05) is 46.8 Å². The molecule has 2 amide bonds. The summed E-state index contributed by atoms with van der Waals surface area (Å²) in [5.41, 5.74) is 1.87. The first-order chi connectivity index (χ1) is 12.0. The lowest BCUT2D eigenvalue weighted by molar-refractivity contribution is -0.130. The van der Waals surface area contributed by atoms with E-state index < -0.39 is 0 Å². The van der Waals surface area contributed by atoms with Gasteiger partial charge in [-0.05, 0) is 18.4 Å². The van der Waals surface area contributed by atoms with E-state index in [9.17, 15) is 9.59 Å². The van der Waals surface area contributed by atoms with Crippen LogP contribution in [0.5, 0.6) is 0 Å². The largest absolute Gasteiger partial charge is 0.348 e. The second-order valence-electron chi connectivity index (χ2n) is 6.30. The number of carbonyl (C=O) groups excluding carboxylic acids is 2. The highest BCUT2D eigenvalue weighted by molar-refractivity contribution is 7.17. The van der Waals surface area contributed by atoms with Crippen molar-refractivity contribution < 1.29 is 9.59 Å². The normalized spacial score (nSPS) is 15.4. The van der Waals surface area contributed by atoms with Gasteiger partial charge >= 0.3 is 0 Å². The van der Waals surface area contributed by atoms with E-state index in [1.807, 2.05) is 28.7 Å². The van der Waals surface area contributed by atoms with Crippen LogP contribution in [-0.4, -0.2) is 78.3 Å². The van der Waals surface area contributed by atoms with E-state index >= 15 is 0 Å². The third-order valence-electron chi connectivity index (χ3n) is 4.28. The van der Waals surface area contributed by atoms with Gasteiger partial charge < -0.3 is 9.80 Å². The molecule has 0 aliphatic carbocycles. The second-order valence-corrected chi connectivity index (χ2v) is 8.08. The Labute approximate surface area is 155 Å². The topological polar surface area (TPSA) is 56.8 Å². The standard InChI is InChI=1S/C17H22N4O2S2/c1-12-15(25-16(18-12)13-4-9-24-11-13)17(23)21-7-5-20(6-8-21)10-14(22)19(2)3/h4,9,11H,5-8,10H2,1-3H3. The summed E-state index contributed by atoms with van der Waals surface area (Å²) in [6.07, 6.45) is 0. The number of carbonyl (C=O) groups is 2. The maximum Gasteiger partial charge on any atom is 0.265 e. The van der Waals surface area contributed by atoms with Gasteiger partial charge in [-0.15, -0.1) is 11.3 Å². The van der Waals surface area contributed by atoms with Crippen LogP contribution in [0, 0.1) is 6.92 Å². The molecule has 0 N–H and O–H groups in total. The fourth-order valence-electron chi connectivity index (χ4n) is 2.69. The number of thiophene rings is 1. The van der Waals surface area contributed by atoms with Gasteiger partial charge in [0.15, 0.2) is 0 Å². The predicted octanol–water partition coefficient (Wildman–Crippen LogP) is 2.03. The van der Waals surface area contributed by atoms with Crippen molar-refractivity contribution in [1.82, 2.24) is 19.7 Å². The molecule has 3 rings (SSSR count). The molecule has 134 valence electrons. The number of hydrogen-bond acceptors (Lipinski definition) is 6. The predicted molar refractivity (Wildman–Crippen MR) is 101 cm³/mol. The van der Waals surface area contributed by atoms with Gasteiger partial charge in [0.25, 0.3) is 5.91 Å². The summed E-state index contributed by atoms with van der Waals surface area (Å²) in [5.74, 6) is 0.147. The Kier molecular flexibility index (Phi) is 5.51. The Hall–Kier alpha value is -1.77. The van der Waals surface area contributed by atoms with Gasteiger partial charge in [0, 0.05) is 51.2 Å². The van der Waals surface area contributed by atoms with E-state index in [1.165, 1.54) is 11.3 Å². The highest BCUT2D eigenvalue weighted by atomic mass is 32.1. The molecule has 0 atom stereocenters. The van der Waals surface area contributed by atoms with Gasteiger partial charge in [-0.2, -0.15) is 11.3 Å². The Morgan fingerprint density at radius 1 is 1.24 bits per heavy atom. The molecule has 0 unspecified atom stereocenters. The molecular weight excluding hydrogens is 356 g/mol. The summed E-state index contributed by atoms with van der Waals surface area (Å²) in [4.78, 5) is 35.5. The lowest BCUT2D eigenvalue weighted by atomic mass is 10.2. The van der Waals surface area contributed by atoms with Crippen molar-refractivity contribution in [3.8, 4) is 10.6 Å². The average Bonchev–Trinajstić information content (AvgIpc) is 3.24. The summed E-state index contributed by atoms with van der Waals surface area (Å²) < 4.78 is 0. The summed E-state index contributed by atoms with van der Waals surface area (Å²) in [6, 6.07) is 2.03. The molecule has 1 aliphatic heterocycles. The summed E-state index contributed by atoms with van der Waals surface area (Å²) >= 11 is 3.09. The molecule has 0 radical (unpaired) electrons. The van der Waals surface area contributed by atoms with Crippen molar-refractivity contribution in [3.05, 3.63) is 27.4 Å². The zero-order valence-corrected chi connectivity index (χ0v) is 16.3. The molecule has 0 bridgehead atoms. The first kappa shape index (κ1) is 18.0. The molecule has 0 saturated carbocycles. The maximum atomic E-state index is 12.8. The highest BCUT2D eigenvalue weighted by Crippen LogP contribution is 2.30. The van der Waals surface area contributed by atoms with Crippen molar-refractivity contribution in [3.63, 3.8) is 0 Å². The molecule has 6 nitrogen and oxygen atoms in total. The molecule has 2 aromatic rings. The monoisotopic (exact) mass is 378 g/mol. The van der Waals surface area contributed by atoms with E-state index in [-0.39, 0.29) is 11.8 Å². The van der Waals surface area contributed by atoms with Crippen LogP contribution < -0.4 is 0 Å². The number of rotatable bonds is 4. The van der Waals surface area contributed by atoms with Crippen molar-refractivity contribution in [2.45, 2.75) is 6.92 Å². The van der Waals surface area contributed by atoms with Crippen LogP contribution in [-0.2, 0) is 4.79 Å². The van der Waals surface area contributed by atoms with Crippen LogP contribution >= 0.6 is 22.7 Å². The Morgan fingerprint density at radius 2 is 1.96 bits per heavy atom. The van der Waals surface area contributed by atoms with E-state index in [0.717, 1.165) is 34.2 Å². The maximum absolute atomic E-state index is 12.8. The Morgan fingerprint density at radius 3 is 2.56 bits per heavy atom. The molecule has 1 aliphatic rings. The average molecular weight is 379 g/mol. The number of thiazole rings is 1. The summed E-state index contributed by atoms with van der Waals surface area (Å²) in [6.45, 7) is 5.04. The van der Waals surface area contributed by atoms with Crippen LogP contribution in [0.2, 0.25) is 0 Å². The SMILES string of the molecule is Cc1nc(-c2ccsc2)sc1C(=O)N1CCN(CC(=O)N(C)C)CC1. The van der Waals surface area contributed by atoms with Crippen molar-refractivity contribution in [1.29, 1.82) is 0 Å². The van der Waals surface area contributed by atoms with Gasteiger partial charge in [-0.25, -0.2) is 4.98 Å².